The predicted molar refractivity (Wildman–Crippen MR) is 226 cm³/mol. The smallest absolute Gasteiger partial charge is 0.000706 e. The van der Waals surface area contributed by atoms with Gasteiger partial charge < -0.3 is 0 Å². The first-order valence-corrected chi connectivity index (χ1v) is 18.6. The second-order valence-corrected chi connectivity index (χ2v) is 14.4. The predicted octanol–water partition coefficient (Wildman–Crippen LogP) is 14.5. The van der Waals surface area contributed by atoms with Crippen LogP contribution in [0, 0.1) is 0 Å². The fraction of sp³-hybridized carbons (Fsp3) is 0.0189. The maximum Gasteiger partial charge on any atom is -0.000706 e. The van der Waals surface area contributed by atoms with Crippen LogP contribution in [-0.2, 0) is 6.42 Å². The lowest BCUT2D eigenvalue weighted by Gasteiger charge is -2.18. The van der Waals surface area contributed by atoms with Crippen LogP contribution in [0.4, 0.5) is 0 Å². The lowest BCUT2D eigenvalue weighted by molar-refractivity contribution is 1.26. The molecular weight excluding hydrogens is 637 g/mol. The molecule has 0 unspecified atom stereocenters. The van der Waals surface area contributed by atoms with Crippen LogP contribution in [0.3, 0.4) is 0 Å². The minimum absolute atomic E-state index is 0.935. The first kappa shape index (κ1) is 29.9. The van der Waals surface area contributed by atoms with Crippen LogP contribution in [0.5, 0.6) is 0 Å². The molecule has 0 fully saturated rings. The molecule has 0 saturated heterocycles. The molecule has 10 aromatic rings. The first-order valence-electron chi connectivity index (χ1n) is 18.6. The molecule has 0 saturated carbocycles. The van der Waals surface area contributed by atoms with E-state index in [4.69, 9.17) is 0 Å². The van der Waals surface area contributed by atoms with Crippen molar-refractivity contribution in [2.24, 2.45) is 0 Å². The second-order valence-electron chi connectivity index (χ2n) is 14.4. The zero-order valence-corrected chi connectivity index (χ0v) is 29.2. The molecule has 0 aromatic heterocycles. The summed E-state index contributed by atoms with van der Waals surface area (Å²) in [5.41, 5.74) is 15.7. The molecule has 0 atom stereocenters. The number of benzene rings is 10. The van der Waals surface area contributed by atoms with E-state index in [2.05, 4.69) is 194 Å². The Bertz CT molecular complexity index is 2950. The Labute approximate surface area is 309 Å². The van der Waals surface area contributed by atoms with Crippen LogP contribution in [0.2, 0.25) is 0 Å². The third kappa shape index (κ3) is 4.76. The zero-order valence-electron chi connectivity index (χ0n) is 29.2. The van der Waals surface area contributed by atoms with E-state index in [1.807, 2.05) is 0 Å². The van der Waals surface area contributed by atoms with Crippen molar-refractivity contribution in [1.82, 2.24) is 0 Å². The Morgan fingerprint density at radius 2 is 0.642 bits per heavy atom. The van der Waals surface area contributed by atoms with Crippen LogP contribution in [0.15, 0.2) is 194 Å². The highest BCUT2D eigenvalue weighted by molar-refractivity contribution is 6.14. The summed E-state index contributed by atoms with van der Waals surface area (Å²) < 4.78 is 0. The zero-order chi connectivity index (χ0) is 34.9. The van der Waals surface area contributed by atoms with Crippen molar-refractivity contribution in [3.63, 3.8) is 0 Å². The van der Waals surface area contributed by atoms with Crippen LogP contribution in [0.25, 0.3) is 98.7 Å². The Morgan fingerprint density at radius 1 is 0.264 bits per heavy atom. The molecule has 0 heteroatoms. The molecule has 0 spiro atoms. The minimum Gasteiger partial charge on any atom is -0.0619 e. The van der Waals surface area contributed by atoms with Crippen LogP contribution >= 0.6 is 0 Å². The monoisotopic (exact) mass is 670 g/mol. The van der Waals surface area contributed by atoms with E-state index in [9.17, 15) is 0 Å². The molecule has 0 nitrogen and oxygen atoms in total. The Kier molecular flexibility index (Phi) is 6.72. The Hall–Kier alpha value is -6.76. The van der Waals surface area contributed by atoms with E-state index in [-0.39, 0.29) is 0 Å². The number of fused-ring (bicyclic) bond motifs is 7. The molecule has 10 aromatic carbocycles. The third-order valence-electron chi connectivity index (χ3n) is 11.5. The number of hydrogen-bond acceptors (Lipinski definition) is 0. The SMILES string of the molecule is c1ccc2c(c1)Cc1c-2ccc(-c2ccc(-c3c4ccccc4cc4ccccc34)cc2)c1-c1ccc(-c2c3ccccc3cc3ccccc23)cc1. The van der Waals surface area contributed by atoms with Gasteiger partial charge in [-0.3, -0.25) is 0 Å². The third-order valence-corrected chi connectivity index (χ3v) is 11.5. The second kappa shape index (κ2) is 11.9. The molecule has 0 N–H and O–H groups in total. The summed E-state index contributed by atoms with van der Waals surface area (Å²) in [6.07, 6.45) is 0.935. The molecule has 0 heterocycles. The van der Waals surface area contributed by atoms with Gasteiger partial charge >= 0.3 is 0 Å². The highest BCUT2D eigenvalue weighted by atomic mass is 14.3. The van der Waals surface area contributed by atoms with Gasteiger partial charge in [-0.15, -0.1) is 0 Å². The summed E-state index contributed by atoms with van der Waals surface area (Å²) in [6.45, 7) is 0. The molecule has 0 bridgehead atoms. The summed E-state index contributed by atoms with van der Waals surface area (Å²) in [7, 11) is 0. The molecule has 0 aliphatic heterocycles. The van der Waals surface area contributed by atoms with Gasteiger partial charge in [0.25, 0.3) is 0 Å². The molecule has 0 radical (unpaired) electrons. The lowest BCUT2D eigenvalue weighted by Crippen LogP contribution is -1.94. The van der Waals surface area contributed by atoms with Crippen molar-refractivity contribution in [1.29, 1.82) is 0 Å². The van der Waals surface area contributed by atoms with Crippen LogP contribution in [-0.4, -0.2) is 0 Å². The van der Waals surface area contributed by atoms with Crippen molar-refractivity contribution in [2.75, 3.05) is 0 Å². The van der Waals surface area contributed by atoms with Gasteiger partial charge in [-0.25, -0.2) is 0 Å². The van der Waals surface area contributed by atoms with Gasteiger partial charge in [0, 0.05) is 0 Å². The van der Waals surface area contributed by atoms with Gasteiger partial charge in [0.1, 0.15) is 0 Å². The van der Waals surface area contributed by atoms with E-state index in [1.54, 1.807) is 0 Å². The highest BCUT2D eigenvalue weighted by Crippen LogP contribution is 2.47. The first-order chi connectivity index (χ1) is 26.3. The quantitative estimate of drug-likeness (QED) is 0.164. The molecule has 246 valence electrons. The van der Waals surface area contributed by atoms with Crippen LogP contribution in [0.1, 0.15) is 11.1 Å². The maximum atomic E-state index is 2.35. The minimum atomic E-state index is 0.935. The highest BCUT2D eigenvalue weighted by Gasteiger charge is 2.24. The standard InChI is InChI=1S/C53H34/c1-6-16-43-42(15-1)33-50-49(43)30-29-48(34-21-23-35(24-22-34)51-44-17-7-2-11-38(44)31-39-12-3-8-18-45(39)51)53(50)37-27-25-36(26-28-37)52-46-19-9-4-13-40(46)32-41-14-5-10-20-47(41)52/h1-32H,33H2. The number of rotatable bonds is 4. The average molecular weight is 671 g/mol. The van der Waals surface area contributed by atoms with Gasteiger partial charge in [-0.05, 0) is 128 Å². The summed E-state index contributed by atoms with van der Waals surface area (Å²) in [4.78, 5) is 0. The maximum absolute atomic E-state index is 2.35. The summed E-state index contributed by atoms with van der Waals surface area (Å²) in [6, 6.07) is 72.0. The largest absolute Gasteiger partial charge is 0.0619 e. The van der Waals surface area contributed by atoms with Crippen molar-refractivity contribution in [3.8, 4) is 55.6 Å². The summed E-state index contributed by atoms with van der Waals surface area (Å²) in [5.74, 6) is 0. The van der Waals surface area contributed by atoms with Gasteiger partial charge in [0.2, 0.25) is 0 Å². The van der Waals surface area contributed by atoms with Gasteiger partial charge in [-0.1, -0.05) is 182 Å². The normalized spacial score (nSPS) is 12.1. The van der Waals surface area contributed by atoms with Crippen molar-refractivity contribution >= 4 is 43.1 Å². The molecule has 1 aliphatic rings. The molecule has 53 heavy (non-hydrogen) atoms. The average Bonchev–Trinajstić information content (AvgIpc) is 3.60. The number of hydrogen-bond donors (Lipinski definition) is 0. The molecular formula is C53H34. The molecule has 1 aliphatic carbocycles. The van der Waals surface area contributed by atoms with Gasteiger partial charge in [-0.2, -0.15) is 0 Å². The van der Waals surface area contributed by atoms with Crippen molar-refractivity contribution < 1.29 is 0 Å². The Balaban J connectivity index is 1.08. The van der Waals surface area contributed by atoms with E-state index in [0.717, 1.165) is 6.42 Å². The lowest BCUT2D eigenvalue weighted by atomic mass is 9.86. The molecule has 0 amide bonds. The summed E-state index contributed by atoms with van der Waals surface area (Å²) in [5, 5.41) is 10.2. The van der Waals surface area contributed by atoms with E-state index in [1.165, 1.54) is 110 Å². The fourth-order valence-corrected chi connectivity index (χ4v) is 9.05. The topological polar surface area (TPSA) is 0 Å². The molecule has 11 rings (SSSR count). The fourth-order valence-electron chi connectivity index (χ4n) is 9.05. The van der Waals surface area contributed by atoms with Crippen molar-refractivity contribution in [2.45, 2.75) is 6.42 Å². The van der Waals surface area contributed by atoms with E-state index in [0.29, 0.717) is 0 Å². The van der Waals surface area contributed by atoms with Gasteiger partial charge in [0.05, 0.1) is 0 Å². The van der Waals surface area contributed by atoms with E-state index < -0.39 is 0 Å². The van der Waals surface area contributed by atoms with E-state index >= 15 is 0 Å². The van der Waals surface area contributed by atoms with Gasteiger partial charge in [0.15, 0.2) is 0 Å². The summed E-state index contributed by atoms with van der Waals surface area (Å²) >= 11 is 0. The van der Waals surface area contributed by atoms with Crippen molar-refractivity contribution in [3.05, 3.63) is 205 Å². The Morgan fingerprint density at radius 3 is 1.13 bits per heavy atom. The van der Waals surface area contributed by atoms with Crippen LogP contribution < -0.4 is 0 Å².